The number of hydrogen-bond donors (Lipinski definition) is 2. The summed E-state index contributed by atoms with van der Waals surface area (Å²) in [6, 6.07) is 4.21. The third kappa shape index (κ3) is 3.05. The molecule has 0 aliphatic rings. The maximum Gasteiger partial charge on any atom is 0.123 e. The van der Waals surface area contributed by atoms with Crippen LogP contribution in [-0.2, 0) is 6.42 Å². The first-order chi connectivity index (χ1) is 8.60. The Morgan fingerprint density at radius 3 is 2.94 bits per heavy atom. The molecule has 0 saturated heterocycles. The molecule has 1 aromatic carbocycles. The number of aryl methyl sites for hydroxylation is 1. The molecule has 1 unspecified atom stereocenters. The lowest BCUT2D eigenvalue weighted by atomic mass is 10.1. The highest BCUT2D eigenvalue weighted by Crippen LogP contribution is 2.26. The lowest BCUT2D eigenvalue weighted by Gasteiger charge is -2.14. The second kappa shape index (κ2) is 5.75. The SMILES string of the molecule is Cc1ncc(C(Cc2cc(F)ccc2Cl)NN)s1. The zero-order chi connectivity index (χ0) is 13.1. The van der Waals surface area contributed by atoms with Crippen molar-refractivity contribution in [2.45, 2.75) is 19.4 Å². The molecular formula is C12H13ClFN3S. The minimum absolute atomic E-state index is 0.115. The number of nitrogens with zero attached hydrogens (tertiary/aromatic N) is 1. The van der Waals surface area contributed by atoms with Crippen LogP contribution in [0.1, 0.15) is 21.5 Å². The van der Waals surface area contributed by atoms with E-state index >= 15 is 0 Å². The van der Waals surface area contributed by atoms with Gasteiger partial charge < -0.3 is 0 Å². The Bertz CT molecular complexity index is 544. The summed E-state index contributed by atoms with van der Waals surface area (Å²) < 4.78 is 13.2. The number of benzene rings is 1. The van der Waals surface area contributed by atoms with Gasteiger partial charge in [-0.2, -0.15) is 0 Å². The van der Waals surface area contributed by atoms with Crippen LogP contribution in [0, 0.1) is 12.7 Å². The van der Waals surface area contributed by atoms with Crippen molar-refractivity contribution < 1.29 is 4.39 Å². The van der Waals surface area contributed by atoms with E-state index in [1.165, 1.54) is 12.1 Å². The van der Waals surface area contributed by atoms with Gasteiger partial charge in [-0.05, 0) is 37.1 Å². The molecule has 0 aliphatic heterocycles. The van der Waals surface area contributed by atoms with E-state index < -0.39 is 0 Å². The van der Waals surface area contributed by atoms with Crippen LogP contribution in [-0.4, -0.2) is 4.98 Å². The molecule has 1 aromatic heterocycles. The number of nitrogens with one attached hydrogen (secondary N) is 1. The van der Waals surface area contributed by atoms with Crippen molar-refractivity contribution in [2.75, 3.05) is 0 Å². The second-order valence-electron chi connectivity index (χ2n) is 3.94. The van der Waals surface area contributed by atoms with E-state index in [1.54, 1.807) is 23.6 Å². The molecule has 18 heavy (non-hydrogen) atoms. The summed E-state index contributed by atoms with van der Waals surface area (Å²) in [5.74, 6) is 5.24. The van der Waals surface area contributed by atoms with Crippen LogP contribution in [0.4, 0.5) is 4.39 Å². The number of hydrazine groups is 1. The highest BCUT2D eigenvalue weighted by molar-refractivity contribution is 7.11. The fraction of sp³-hybridized carbons (Fsp3) is 0.250. The van der Waals surface area contributed by atoms with Crippen molar-refractivity contribution in [2.24, 2.45) is 5.84 Å². The van der Waals surface area contributed by atoms with Gasteiger partial charge in [0.1, 0.15) is 5.82 Å². The number of nitrogens with two attached hydrogens (primary N) is 1. The molecule has 6 heteroatoms. The van der Waals surface area contributed by atoms with E-state index in [0.29, 0.717) is 11.4 Å². The summed E-state index contributed by atoms with van der Waals surface area (Å²) in [4.78, 5) is 5.19. The Balaban J connectivity index is 2.22. The fourth-order valence-corrected chi connectivity index (χ4v) is 2.74. The summed E-state index contributed by atoms with van der Waals surface area (Å²) >= 11 is 7.60. The first-order valence-electron chi connectivity index (χ1n) is 5.42. The van der Waals surface area contributed by atoms with Crippen LogP contribution in [0.25, 0.3) is 0 Å². The fourth-order valence-electron chi connectivity index (χ4n) is 1.70. The van der Waals surface area contributed by atoms with Gasteiger partial charge in [-0.15, -0.1) is 11.3 Å². The van der Waals surface area contributed by atoms with Crippen molar-refractivity contribution in [1.29, 1.82) is 0 Å². The quantitative estimate of drug-likeness (QED) is 0.671. The largest absolute Gasteiger partial charge is 0.271 e. The Morgan fingerprint density at radius 1 is 1.56 bits per heavy atom. The molecule has 0 bridgehead atoms. The Labute approximate surface area is 114 Å². The normalized spacial score (nSPS) is 12.7. The third-order valence-corrected chi connectivity index (χ3v) is 4.01. The van der Waals surface area contributed by atoms with E-state index in [2.05, 4.69) is 10.4 Å². The van der Waals surface area contributed by atoms with Crippen LogP contribution in [0.5, 0.6) is 0 Å². The molecule has 2 aromatic rings. The van der Waals surface area contributed by atoms with Crippen LogP contribution in [0.15, 0.2) is 24.4 Å². The molecule has 0 radical (unpaired) electrons. The van der Waals surface area contributed by atoms with Crippen molar-refractivity contribution in [3.05, 3.63) is 50.7 Å². The Kier molecular flexibility index (Phi) is 4.29. The topological polar surface area (TPSA) is 50.9 Å². The monoisotopic (exact) mass is 285 g/mol. The predicted octanol–water partition coefficient (Wildman–Crippen LogP) is 2.99. The van der Waals surface area contributed by atoms with E-state index in [9.17, 15) is 4.39 Å². The van der Waals surface area contributed by atoms with Crippen LogP contribution in [0.3, 0.4) is 0 Å². The Morgan fingerprint density at radius 2 is 2.33 bits per heavy atom. The van der Waals surface area contributed by atoms with Crippen molar-refractivity contribution in [3.8, 4) is 0 Å². The molecule has 96 valence electrons. The predicted molar refractivity (Wildman–Crippen MR) is 72.0 cm³/mol. The first kappa shape index (κ1) is 13.4. The summed E-state index contributed by atoms with van der Waals surface area (Å²) in [6.07, 6.45) is 2.30. The van der Waals surface area contributed by atoms with Crippen molar-refractivity contribution in [1.82, 2.24) is 10.4 Å². The van der Waals surface area contributed by atoms with E-state index in [0.717, 1.165) is 15.4 Å². The number of rotatable bonds is 4. The molecule has 0 spiro atoms. The molecule has 3 nitrogen and oxygen atoms in total. The number of aromatic nitrogens is 1. The summed E-state index contributed by atoms with van der Waals surface area (Å²) in [6.45, 7) is 1.93. The number of thiazole rings is 1. The van der Waals surface area contributed by atoms with Gasteiger partial charge in [-0.1, -0.05) is 11.6 Å². The van der Waals surface area contributed by atoms with Crippen molar-refractivity contribution >= 4 is 22.9 Å². The van der Waals surface area contributed by atoms with Crippen molar-refractivity contribution in [3.63, 3.8) is 0 Å². The molecule has 0 amide bonds. The molecule has 2 rings (SSSR count). The van der Waals surface area contributed by atoms with E-state index in [4.69, 9.17) is 17.4 Å². The lowest BCUT2D eigenvalue weighted by molar-refractivity contribution is 0.556. The van der Waals surface area contributed by atoms with Gasteiger partial charge in [0.15, 0.2) is 0 Å². The van der Waals surface area contributed by atoms with Gasteiger partial charge >= 0.3 is 0 Å². The highest BCUT2D eigenvalue weighted by Gasteiger charge is 2.15. The minimum Gasteiger partial charge on any atom is -0.271 e. The molecular weight excluding hydrogens is 273 g/mol. The molecule has 1 heterocycles. The average Bonchev–Trinajstić information content (AvgIpc) is 2.77. The molecule has 0 fully saturated rings. The average molecular weight is 286 g/mol. The van der Waals surface area contributed by atoms with Gasteiger partial charge in [-0.3, -0.25) is 11.3 Å². The van der Waals surface area contributed by atoms with Crippen LogP contribution in [0.2, 0.25) is 5.02 Å². The molecule has 3 N–H and O–H groups in total. The summed E-state index contributed by atoms with van der Waals surface area (Å²) in [5.41, 5.74) is 3.44. The summed E-state index contributed by atoms with van der Waals surface area (Å²) in [7, 11) is 0. The van der Waals surface area contributed by atoms with Crippen LogP contribution >= 0.6 is 22.9 Å². The van der Waals surface area contributed by atoms with Gasteiger partial charge in [0.05, 0.1) is 11.0 Å². The molecule has 1 atom stereocenters. The van der Waals surface area contributed by atoms with Gasteiger partial charge in [-0.25, -0.2) is 9.37 Å². The number of hydrogen-bond acceptors (Lipinski definition) is 4. The smallest absolute Gasteiger partial charge is 0.123 e. The highest BCUT2D eigenvalue weighted by atomic mass is 35.5. The second-order valence-corrected chi connectivity index (χ2v) is 5.61. The maximum atomic E-state index is 13.2. The van der Waals surface area contributed by atoms with Gasteiger partial charge in [0.2, 0.25) is 0 Å². The summed E-state index contributed by atoms with van der Waals surface area (Å²) in [5, 5.41) is 1.51. The zero-order valence-electron chi connectivity index (χ0n) is 9.78. The third-order valence-electron chi connectivity index (χ3n) is 2.62. The minimum atomic E-state index is -0.300. The number of halogens is 2. The Hall–Kier alpha value is -1.01. The van der Waals surface area contributed by atoms with E-state index in [1.807, 2.05) is 6.92 Å². The maximum absolute atomic E-state index is 13.2. The van der Waals surface area contributed by atoms with Gasteiger partial charge in [0, 0.05) is 16.1 Å². The van der Waals surface area contributed by atoms with Gasteiger partial charge in [0.25, 0.3) is 0 Å². The molecule has 0 saturated carbocycles. The first-order valence-corrected chi connectivity index (χ1v) is 6.62. The van der Waals surface area contributed by atoms with E-state index in [-0.39, 0.29) is 11.9 Å². The lowest BCUT2D eigenvalue weighted by Crippen LogP contribution is -2.29. The zero-order valence-corrected chi connectivity index (χ0v) is 11.4. The molecule has 0 aliphatic carbocycles. The van der Waals surface area contributed by atoms with Crippen LogP contribution < -0.4 is 11.3 Å². The standard InChI is InChI=1S/C12H13ClFN3S/c1-7-16-6-12(18-7)11(17-15)5-8-4-9(14)2-3-10(8)13/h2-4,6,11,17H,5,15H2,1H3.